The molecule has 4 rings (SSSR count). The Morgan fingerprint density at radius 1 is 1.24 bits per heavy atom. The molecule has 10 nitrogen and oxygen atoms in total. The van der Waals surface area contributed by atoms with E-state index >= 15 is 0 Å². The van der Waals surface area contributed by atoms with Crippen molar-refractivity contribution in [2.45, 2.75) is 56.5 Å². The van der Waals surface area contributed by atoms with Gasteiger partial charge in [-0.15, -0.1) is 0 Å². The number of carbonyl (C=O) groups excluding carboxylic acids is 1. The Bertz CT molecular complexity index is 1430. The minimum Gasteiger partial charge on any atom is -0.481 e. The van der Waals surface area contributed by atoms with Crippen LogP contribution in [0.4, 0.5) is 0 Å². The van der Waals surface area contributed by atoms with Crippen molar-refractivity contribution in [2.75, 3.05) is 13.1 Å². The number of rotatable bonds is 10. The van der Waals surface area contributed by atoms with Crippen molar-refractivity contribution in [2.24, 2.45) is 5.92 Å². The van der Waals surface area contributed by atoms with Crippen LogP contribution in [-0.2, 0) is 32.6 Å². The molecule has 1 aromatic carbocycles. The Morgan fingerprint density at radius 3 is 2.70 bits per heavy atom. The summed E-state index contributed by atoms with van der Waals surface area (Å²) in [5.41, 5.74) is 1.58. The van der Waals surface area contributed by atoms with E-state index in [1.54, 1.807) is 46.1 Å². The first-order valence-electron chi connectivity index (χ1n) is 12.4. The average molecular weight is 526 g/mol. The molecule has 1 amide bonds. The van der Waals surface area contributed by atoms with Gasteiger partial charge in [-0.3, -0.25) is 9.59 Å². The van der Waals surface area contributed by atoms with Gasteiger partial charge >= 0.3 is 5.97 Å². The van der Waals surface area contributed by atoms with Crippen LogP contribution >= 0.6 is 0 Å². The largest absolute Gasteiger partial charge is 0.481 e. The zero-order chi connectivity index (χ0) is 26.6. The summed E-state index contributed by atoms with van der Waals surface area (Å²) >= 11 is 0. The van der Waals surface area contributed by atoms with Gasteiger partial charge in [0.15, 0.2) is 0 Å². The minimum atomic E-state index is -4.16. The Balaban J connectivity index is 1.64. The van der Waals surface area contributed by atoms with Crippen molar-refractivity contribution < 1.29 is 23.1 Å². The highest BCUT2D eigenvalue weighted by atomic mass is 32.2. The fourth-order valence-corrected chi connectivity index (χ4v) is 6.28. The van der Waals surface area contributed by atoms with E-state index in [1.165, 1.54) is 6.07 Å². The van der Waals surface area contributed by atoms with E-state index in [2.05, 4.69) is 22.7 Å². The topological polar surface area (TPSA) is 148 Å². The lowest BCUT2D eigenvalue weighted by atomic mass is 9.98. The zero-order valence-electron chi connectivity index (χ0n) is 20.7. The fourth-order valence-electron chi connectivity index (χ4n) is 4.79. The van der Waals surface area contributed by atoms with Crippen molar-refractivity contribution in [3.8, 4) is 6.07 Å². The van der Waals surface area contributed by atoms with Crippen LogP contribution in [-0.4, -0.2) is 59.0 Å². The summed E-state index contributed by atoms with van der Waals surface area (Å²) in [4.78, 5) is 29.4. The van der Waals surface area contributed by atoms with E-state index in [9.17, 15) is 23.3 Å². The van der Waals surface area contributed by atoms with Crippen LogP contribution in [0, 0.1) is 17.2 Å². The SMILES string of the molecule is CC1CCN(C(=O)C(CCn2cccc2C#N)NS(=O)(=O)c2cccc3[nH]cc(CCC(=O)O)c23)CC1. The summed E-state index contributed by atoms with van der Waals surface area (Å²) in [6.07, 6.45) is 5.27. The standard InChI is InChI=1S/C26H31N5O5S/c1-18-9-13-31(14-10-18)26(34)22(11-15-30-12-3-4-20(30)16-27)29-37(35,36)23-6-2-5-21-25(23)19(17-28-21)7-8-24(32)33/h2-6,12,17-18,22,28-29H,7-11,13-15H2,1H3,(H,32,33). The van der Waals surface area contributed by atoms with Gasteiger partial charge in [0.1, 0.15) is 17.8 Å². The molecule has 1 aliphatic rings. The molecule has 37 heavy (non-hydrogen) atoms. The molecule has 0 spiro atoms. The molecule has 1 saturated heterocycles. The second kappa shape index (κ2) is 11.2. The van der Waals surface area contributed by atoms with Crippen LogP contribution < -0.4 is 4.72 Å². The molecular weight excluding hydrogens is 494 g/mol. The van der Waals surface area contributed by atoms with Crippen molar-refractivity contribution in [3.63, 3.8) is 0 Å². The van der Waals surface area contributed by atoms with Gasteiger partial charge in [0.05, 0.1) is 4.90 Å². The number of sulfonamides is 1. The van der Waals surface area contributed by atoms with Gasteiger partial charge in [0.25, 0.3) is 0 Å². The van der Waals surface area contributed by atoms with Crippen molar-refractivity contribution in [1.82, 2.24) is 19.2 Å². The summed E-state index contributed by atoms with van der Waals surface area (Å²) in [5, 5.41) is 18.9. The van der Waals surface area contributed by atoms with Crippen LogP contribution in [0.15, 0.2) is 47.6 Å². The first-order valence-corrected chi connectivity index (χ1v) is 13.8. The van der Waals surface area contributed by atoms with E-state index in [-0.39, 0.29) is 36.6 Å². The summed E-state index contributed by atoms with van der Waals surface area (Å²) in [6, 6.07) is 9.27. The number of nitrogens with zero attached hydrogens (tertiary/aromatic N) is 3. The first kappa shape index (κ1) is 26.4. The third kappa shape index (κ3) is 6.03. The lowest BCUT2D eigenvalue weighted by molar-refractivity contribution is -0.137. The molecule has 3 aromatic rings. The monoisotopic (exact) mass is 525 g/mol. The number of amides is 1. The van der Waals surface area contributed by atoms with Crippen molar-refractivity contribution in [1.29, 1.82) is 5.26 Å². The second-order valence-corrected chi connectivity index (χ2v) is 11.2. The third-order valence-electron chi connectivity index (χ3n) is 6.94. The lowest BCUT2D eigenvalue weighted by Gasteiger charge is -2.33. The number of aryl methyl sites for hydroxylation is 2. The number of nitrogens with one attached hydrogen (secondary N) is 2. The molecule has 3 N–H and O–H groups in total. The number of aromatic amines is 1. The zero-order valence-corrected chi connectivity index (χ0v) is 21.5. The molecule has 0 bridgehead atoms. The molecule has 1 aliphatic heterocycles. The van der Waals surface area contributed by atoms with Gasteiger partial charge < -0.3 is 19.6 Å². The molecule has 1 unspecified atom stereocenters. The van der Waals surface area contributed by atoms with Crippen LogP contribution in [0.1, 0.15) is 43.9 Å². The number of carbonyl (C=O) groups is 2. The maximum atomic E-state index is 13.7. The number of benzene rings is 1. The summed E-state index contributed by atoms with van der Waals surface area (Å²) in [6.45, 7) is 3.56. The predicted octanol–water partition coefficient (Wildman–Crippen LogP) is 2.85. The molecule has 2 aromatic heterocycles. The Morgan fingerprint density at radius 2 is 2.00 bits per heavy atom. The summed E-state index contributed by atoms with van der Waals surface area (Å²) < 4.78 is 31.7. The number of hydrogen-bond donors (Lipinski definition) is 3. The number of hydrogen-bond acceptors (Lipinski definition) is 5. The molecule has 0 radical (unpaired) electrons. The Kier molecular flexibility index (Phi) is 8.00. The van der Waals surface area contributed by atoms with Crippen molar-refractivity contribution >= 4 is 32.8 Å². The van der Waals surface area contributed by atoms with Crippen LogP contribution in [0.2, 0.25) is 0 Å². The van der Waals surface area contributed by atoms with Gasteiger partial charge in [-0.25, -0.2) is 8.42 Å². The predicted molar refractivity (Wildman–Crippen MR) is 137 cm³/mol. The number of fused-ring (bicyclic) bond motifs is 1. The summed E-state index contributed by atoms with van der Waals surface area (Å²) in [5.74, 6) is -0.753. The quantitative estimate of drug-likeness (QED) is 0.371. The highest BCUT2D eigenvalue weighted by Gasteiger charge is 2.32. The number of carboxylic acids is 1. The molecule has 11 heteroatoms. The normalized spacial score (nSPS) is 15.5. The summed E-state index contributed by atoms with van der Waals surface area (Å²) in [7, 11) is -4.16. The number of aliphatic carboxylic acids is 1. The number of nitriles is 1. The molecular formula is C26H31N5O5S. The molecule has 1 fully saturated rings. The van der Waals surface area contributed by atoms with Crippen molar-refractivity contribution in [3.05, 3.63) is 54.0 Å². The maximum Gasteiger partial charge on any atom is 0.303 e. The van der Waals surface area contributed by atoms with Crippen LogP contribution in [0.25, 0.3) is 10.9 Å². The van der Waals surface area contributed by atoms with Gasteiger partial charge in [0, 0.05) is 49.4 Å². The average Bonchev–Trinajstić information content (AvgIpc) is 3.51. The maximum absolute atomic E-state index is 13.7. The number of aromatic nitrogens is 2. The number of carboxylic acid groups (broad SMARTS) is 1. The van der Waals surface area contributed by atoms with Gasteiger partial charge in [-0.1, -0.05) is 13.0 Å². The van der Waals surface area contributed by atoms with E-state index in [0.29, 0.717) is 41.2 Å². The number of piperidine rings is 1. The number of likely N-dealkylation sites (tertiary alicyclic amines) is 1. The van der Waals surface area contributed by atoms with Crippen LogP contribution in [0.3, 0.4) is 0 Å². The molecule has 1 atom stereocenters. The van der Waals surface area contributed by atoms with Gasteiger partial charge in [-0.05, 0) is 61.4 Å². The second-order valence-electron chi connectivity index (χ2n) is 9.56. The smallest absolute Gasteiger partial charge is 0.303 e. The van der Waals surface area contributed by atoms with E-state index in [0.717, 1.165) is 12.8 Å². The molecule has 3 heterocycles. The van der Waals surface area contributed by atoms with Crippen LogP contribution in [0.5, 0.6) is 0 Å². The van der Waals surface area contributed by atoms with Gasteiger partial charge in [-0.2, -0.15) is 9.98 Å². The first-order chi connectivity index (χ1) is 17.7. The highest BCUT2D eigenvalue weighted by Crippen LogP contribution is 2.28. The lowest BCUT2D eigenvalue weighted by Crippen LogP contribution is -2.50. The van der Waals surface area contributed by atoms with E-state index < -0.39 is 22.0 Å². The molecule has 0 saturated carbocycles. The van der Waals surface area contributed by atoms with E-state index in [4.69, 9.17) is 5.11 Å². The molecule has 0 aliphatic carbocycles. The fraction of sp³-hybridized carbons (Fsp3) is 0.423. The van der Waals surface area contributed by atoms with Gasteiger partial charge in [0.2, 0.25) is 15.9 Å². The Hall–Kier alpha value is -3.62. The van der Waals surface area contributed by atoms with E-state index in [1.807, 2.05) is 0 Å². The molecule has 196 valence electrons. The Labute approximate surface area is 215 Å². The minimum absolute atomic E-state index is 0.00427. The number of H-pyrrole nitrogens is 1. The third-order valence-corrected chi connectivity index (χ3v) is 8.45. The highest BCUT2D eigenvalue weighted by molar-refractivity contribution is 7.89.